The lowest BCUT2D eigenvalue weighted by atomic mass is 10.0. The number of hydrogen-bond donors (Lipinski definition) is 2. The van der Waals surface area contributed by atoms with Crippen LogP contribution in [-0.4, -0.2) is 36.4 Å². The van der Waals surface area contributed by atoms with E-state index in [1.165, 1.54) is 51.4 Å². The maximum absolute atomic E-state index is 12.1. The number of rotatable bonds is 20. The molecule has 2 atom stereocenters. The summed E-state index contributed by atoms with van der Waals surface area (Å²) in [5, 5.41) is 12.2. The molecule has 0 aliphatic rings. The van der Waals surface area contributed by atoms with Gasteiger partial charge < -0.3 is 15.2 Å². The van der Waals surface area contributed by atoms with E-state index in [1.54, 1.807) is 0 Å². The third-order valence-corrected chi connectivity index (χ3v) is 5.11. The predicted molar refractivity (Wildman–Crippen MR) is 115 cm³/mol. The average Bonchev–Trinajstić information content (AvgIpc) is 2.66. The number of carbonyl (C=O) groups excluding carboxylic acids is 1. The molecule has 0 saturated carbocycles. The molecule has 2 N–H and O–H groups in total. The first-order chi connectivity index (χ1) is 13.1. The normalized spacial score (nSPS) is 13.5. The molecule has 0 aromatic heterocycles. The van der Waals surface area contributed by atoms with E-state index in [2.05, 4.69) is 19.2 Å². The van der Waals surface area contributed by atoms with Crippen molar-refractivity contribution in [2.75, 3.05) is 13.2 Å². The summed E-state index contributed by atoms with van der Waals surface area (Å²) >= 11 is 0. The number of carbonyl (C=O) groups is 1. The molecular weight excluding hydrogens is 338 g/mol. The van der Waals surface area contributed by atoms with Crippen molar-refractivity contribution in [2.24, 2.45) is 0 Å². The van der Waals surface area contributed by atoms with Crippen LogP contribution in [0.3, 0.4) is 0 Å². The lowest BCUT2D eigenvalue weighted by Gasteiger charge is -2.17. The van der Waals surface area contributed by atoms with E-state index < -0.39 is 0 Å². The van der Waals surface area contributed by atoms with Gasteiger partial charge in [-0.1, -0.05) is 71.6 Å². The number of ether oxygens (including phenoxy) is 1. The first kappa shape index (κ1) is 26.4. The Morgan fingerprint density at radius 3 is 2.15 bits per heavy atom. The van der Waals surface area contributed by atoms with Gasteiger partial charge in [0, 0.05) is 12.5 Å². The highest BCUT2D eigenvalue weighted by Crippen LogP contribution is 2.15. The Bertz CT molecular complexity index is 323. The second-order valence-electron chi connectivity index (χ2n) is 8.01. The van der Waals surface area contributed by atoms with Crippen LogP contribution in [0.1, 0.15) is 117 Å². The molecule has 162 valence electrons. The highest BCUT2D eigenvalue weighted by Gasteiger charge is 2.13. The van der Waals surface area contributed by atoms with Crippen LogP contribution >= 0.6 is 0 Å². The van der Waals surface area contributed by atoms with Crippen LogP contribution < -0.4 is 5.32 Å². The number of aliphatic hydroxyl groups is 1. The molecule has 0 rings (SSSR count). The molecule has 0 spiro atoms. The van der Waals surface area contributed by atoms with Crippen molar-refractivity contribution in [3.05, 3.63) is 0 Å². The van der Waals surface area contributed by atoms with Crippen molar-refractivity contribution >= 4 is 5.97 Å². The number of unbranched alkanes of at least 4 members (excludes halogenated alkanes) is 9. The SMILES string of the molecule is CCCCCCCCC(CCC)OC(=O)CCCCCCCNC(C)CO. The van der Waals surface area contributed by atoms with E-state index in [9.17, 15) is 4.79 Å². The lowest BCUT2D eigenvalue weighted by molar-refractivity contribution is -0.150. The van der Waals surface area contributed by atoms with Gasteiger partial charge in [-0.3, -0.25) is 4.79 Å². The van der Waals surface area contributed by atoms with Crippen LogP contribution in [0.25, 0.3) is 0 Å². The maximum atomic E-state index is 12.1. The van der Waals surface area contributed by atoms with Gasteiger partial charge in [0.25, 0.3) is 0 Å². The molecule has 0 saturated heterocycles. The van der Waals surface area contributed by atoms with Gasteiger partial charge in [0.15, 0.2) is 0 Å². The van der Waals surface area contributed by atoms with E-state index in [0.29, 0.717) is 6.42 Å². The van der Waals surface area contributed by atoms with Gasteiger partial charge in [-0.25, -0.2) is 0 Å². The molecular formula is C23H47NO3. The van der Waals surface area contributed by atoms with Crippen molar-refractivity contribution in [1.29, 1.82) is 0 Å². The van der Waals surface area contributed by atoms with Crippen LogP contribution in [-0.2, 0) is 9.53 Å². The topological polar surface area (TPSA) is 58.6 Å². The summed E-state index contributed by atoms with van der Waals surface area (Å²) in [7, 11) is 0. The average molecular weight is 386 g/mol. The largest absolute Gasteiger partial charge is 0.462 e. The Kier molecular flexibility index (Phi) is 19.7. The van der Waals surface area contributed by atoms with Crippen LogP contribution in [0, 0.1) is 0 Å². The Balaban J connectivity index is 3.64. The Hall–Kier alpha value is -0.610. The molecule has 27 heavy (non-hydrogen) atoms. The molecule has 0 heterocycles. The quantitative estimate of drug-likeness (QED) is 0.207. The van der Waals surface area contributed by atoms with E-state index in [1.807, 2.05) is 6.92 Å². The zero-order valence-electron chi connectivity index (χ0n) is 18.4. The predicted octanol–water partition coefficient (Wildman–Crippen LogP) is 5.76. The molecule has 0 bridgehead atoms. The molecule has 4 nitrogen and oxygen atoms in total. The first-order valence-corrected chi connectivity index (χ1v) is 11.7. The highest BCUT2D eigenvalue weighted by atomic mass is 16.5. The van der Waals surface area contributed by atoms with Gasteiger partial charge in [-0.05, 0) is 45.6 Å². The fourth-order valence-electron chi connectivity index (χ4n) is 3.32. The summed E-state index contributed by atoms with van der Waals surface area (Å²) in [6.45, 7) is 7.55. The van der Waals surface area contributed by atoms with E-state index in [4.69, 9.17) is 9.84 Å². The molecule has 0 aromatic carbocycles. The molecule has 0 aliphatic heterocycles. The Morgan fingerprint density at radius 1 is 0.852 bits per heavy atom. The second-order valence-corrected chi connectivity index (χ2v) is 8.01. The third kappa shape index (κ3) is 18.5. The third-order valence-electron chi connectivity index (χ3n) is 5.11. The molecule has 0 amide bonds. The van der Waals surface area contributed by atoms with Gasteiger partial charge in [0.05, 0.1) is 6.61 Å². The number of aliphatic hydroxyl groups excluding tert-OH is 1. The summed E-state index contributed by atoms with van der Waals surface area (Å²) in [5.41, 5.74) is 0. The Labute approximate surface area is 168 Å². The van der Waals surface area contributed by atoms with Crippen LogP contribution in [0.4, 0.5) is 0 Å². The van der Waals surface area contributed by atoms with Crippen LogP contribution in [0.2, 0.25) is 0 Å². The Morgan fingerprint density at radius 2 is 1.48 bits per heavy atom. The standard InChI is InChI=1S/C23H47NO3/c1-4-6-7-8-10-13-17-22(16-5-2)27-23(26)18-14-11-9-12-15-19-24-21(3)20-25/h21-22,24-25H,4-20H2,1-3H3. The molecule has 4 heteroatoms. The molecule has 0 radical (unpaired) electrons. The summed E-state index contributed by atoms with van der Waals surface area (Å²) < 4.78 is 5.73. The van der Waals surface area contributed by atoms with Crippen LogP contribution in [0.5, 0.6) is 0 Å². The van der Waals surface area contributed by atoms with Crippen LogP contribution in [0.15, 0.2) is 0 Å². The summed E-state index contributed by atoms with van der Waals surface area (Å²) in [6.07, 6.45) is 17.1. The van der Waals surface area contributed by atoms with Gasteiger partial charge in [-0.15, -0.1) is 0 Å². The summed E-state index contributed by atoms with van der Waals surface area (Å²) in [5.74, 6) is -0.00197. The molecule has 0 aromatic rings. The number of hydrogen-bond acceptors (Lipinski definition) is 4. The van der Waals surface area contributed by atoms with E-state index in [-0.39, 0.29) is 24.7 Å². The summed E-state index contributed by atoms with van der Waals surface area (Å²) in [6, 6.07) is 0.187. The van der Waals surface area contributed by atoms with Crippen molar-refractivity contribution in [2.45, 2.75) is 129 Å². The van der Waals surface area contributed by atoms with Gasteiger partial charge >= 0.3 is 5.97 Å². The zero-order chi connectivity index (χ0) is 20.2. The van der Waals surface area contributed by atoms with Gasteiger partial charge in [0.1, 0.15) is 6.10 Å². The zero-order valence-corrected chi connectivity index (χ0v) is 18.4. The van der Waals surface area contributed by atoms with Crippen molar-refractivity contribution in [3.8, 4) is 0 Å². The minimum absolute atomic E-state index is 0.00197. The van der Waals surface area contributed by atoms with E-state index >= 15 is 0 Å². The van der Waals surface area contributed by atoms with Crippen molar-refractivity contribution < 1.29 is 14.6 Å². The smallest absolute Gasteiger partial charge is 0.306 e. The fourth-order valence-corrected chi connectivity index (χ4v) is 3.32. The lowest BCUT2D eigenvalue weighted by Crippen LogP contribution is -2.29. The second kappa shape index (κ2) is 20.1. The first-order valence-electron chi connectivity index (χ1n) is 11.7. The molecule has 2 unspecified atom stereocenters. The molecule has 0 aliphatic carbocycles. The maximum Gasteiger partial charge on any atom is 0.306 e. The summed E-state index contributed by atoms with van der Waals surface area (Å²) in [4.78, 5) is 12.1. The van der Waals surface area contributed by atoms with E-state index in [0.717, 1.165) is 45.1 Å². The molecule has 0 fully saturated rings. The fraction of sp³-hybridized carbons (Fsp3) is 0.957. The van der Waals surface area contributed by atoms with Gasteiger partial charge in [0.2, 0.25) is 0 Å². The van der Waals surface area contributed by atoms with Crippen molar-refractivity contribution in [1.82, 2.24) is 5.32 Å². The minimum atomic E-state index is -0.00197. The number of esters is 1. The monoisotopic (exact) mass is 385 g/mol. The number of nitrogens with one attached hydrogen (secondary N) is 1. The van der Waals surface area contributed by atoms with Crippen molar-refractivity contribution in [3.63, 3.8) is 0 Å². The highest BCUT2D eigenvalue weighted by molar-refractivity contribution is 5.69. The van der Waals surface area contributed by atoms with Gasteiger partial charge in [-0.2, -0.15) is 0 Å². The minimum Gasteiger partial charge on any atom is -0.462 e.